The molecule has 3 N–H and O–H groups in total. The van der Waals surface area contributed by atoms with E-state index in [1.807, 2.05) is 0 Å². The minimum Gasteiger partial charge on any atom is -0.395 e. The number of aliphatic hydroxyl groups excluding tert-OH is 1. The second-order valence-corrected chi connectivity index (χ2v) is 5.43. The number of hydrogen-bond donors (Lipinski definition) is 2. The van der Waals surface area contributed by atoms with Gasteiger partial charge in [-0.05, 0) is 38.8 Å². The molecule has 1 aliphatic rings. The Hall–Kier alpha value is -0.900. The first kappa shape index (κ1) is 13.5. The Bertz CT molecular complexity index is 392. The molecule has 3 unspecified atom stereocenters. The van der Waals surface area contributed by atoms with Crippen molar-refractivity contribution in [2.45, 2.75) is 44.8 Å². The molecule has 0 aromatic heterocycles. The molecule has 0 radical (unpaired) electrons. The van der Waals surface area contributed by atoms with E-state index in [1.165, 1.54) is 11.1 Å². The van der Waals surface area contributed by atoms with Crippen LogP contribution in [0.1, 0.15) is 36.9 Å². The number of rotatable bonds is 4. The lowest BCUT2D eigenvalue weighted by Gasteiger charge is -2.35. The van der Waals surface area contributed by atoms with E-state index in [4.69, 9.17) is 5.73 Å². The number of aryl methyl sites for hydroxylation is 1. The van der Waals surface area contributed by atoms with Crippen molar-refractivity contribution >= 4 is 0 Å². The summed E-state index contributed by atoms with van der Waals surface area (Å²) in [4.78, 5) is 2.37. The number of likely N-dealkylation sites (tertiary alicyclic amines) is 1. The van der Waals surface area contributed by atoms with E-state index in [1.54, 1.807) is 0 Å². The van der Waals surface area contributed by atoms with E-state index in [0.29, 0.717) is 0 Å². The van der Waals surface area contributed by atoms with E-state index in [-0.39, 0.29) is 24.7 Å². The highest BCUT2D eigenvalue weighted by molar-refractivity contribution is 5.26. The number of nitrogens with two attached hydrogens (primary N) is 1. The zero-order valence-electron chi connectivity index (χ0n) is 11.3. The molecule has 18 heavy (non-hydrogen) atoms. The average molecular weight is 248 g/mol. The summed E-state index contributed by atoms with van der Waals surface area (Å²) in [6, 6.07) is 9.10. The number of aliphatic hydroxyl groups is 1. The molecule has 1 aromatic rings. The third-order valence-corrected chi connectivity index (χ3v) is 3.87. The summed E-state index contributed by atoms with van der Waals surface area (Å²) >= 11 is 0. The summed E-state index contributed by atoms with van der Waals surface area (Å²) in [5, 5.41) is 9.49. The van der Waals surface area contributed by atoms with Crippen LogP contribution in [-0.4, -0.2) is 35.2 Å². The Morgan fingerprint density at radius 2 is 2.28 bits per heavy atom. The van der Waals surface area contributed by atoms with Crippen LogP contribution in [0, 0.1) is 6.92 Å². The van der Waals surface area contributed by atoms with Gasteiger partial charge in [0.05, 0.1) is 6.61 Å². The molecule has 3 heteroatoms. The van der Waals surface area contributed by atoms with Crippen molar-refractivity contribution in [1.82, 2.24) is 4.90 Å². The summed E-state index contributed by atoms with van der Waals surface area (Å²) in [5.74, 6) is 0. The van der Waals surface area contributed by atoms with Crippen LogP contribution in [0.4, 0.5) is 0 Å². The van der Waals surface area contributed by atoms with Gasteiger partial charge in [-0.15, -0.1) is 0 Å². The number of benzene rings is 1. The first-order chi connectivity index (χ1) is 8.63. The molecule has 1 aromatic carbocycles. The summed E-state index contributed by atoms with van der Waals surface area (Å²) in [7, 11) is 0. The van der Waals surface area contributed by atoms with Gasteiger partial charge in [0.1, 0.15) is 0 Å². The molecule has 1 aliphatic heterocycles. The second-order valence-electron chi connectivity index (χ2n) is 5.43. The molecule has 0 bridgehead atoms. The third-order valence-electron chi connectivity index (χ3n) is 3.87. The van der Waals surface area contributed by atoms with Gasteiger partial charge in [0, 0.05) is 18.1 Å². The topological polar surface area (TPSA) is 49.5 Å². The van der Waals surface area contributed by atoms with E-state index >= 15 is 0 Å². The second kappa shape index (κ2) is 5.83. The Balaban J connectivity index is 2.28. The van der Waals surface area contributed by atoms with Gasteiger partial charge in [-0.2, -0.15) is 0 Å². The SMILES string of the molecule is Cc1cccc(C(C(C)N)N2CCCC2CO)c1. The molecule has 0 amide bonds. The fourth-order valence-corrected chi connectivity index (χ4v) is 3.07. The standard InChI is InChI=1S/C15H24N2O/c1-11-5-3-6-13(9-11)15(12(2)16)17-8-4-7-14(17)10-18/h3,5-6,9,12,14-15,18H,4,7-8,10,16H2,1-2H3. The maximum Gasteiger partial charge on any atom is 0.0587 e. The largest absolute Gasteiger partial charge is 0.395 e. The molecular formula is C15H24N2O. The first-order valence-corrected chi connectivity index (χ1v) is 6.82. The molecule has 0 spiro atoms. The van der Waals surface area contributed by atoms with Gasteiger partial charge in [-0.3, -0.25) is 4.90 Å². The van der Waals surface area contributed by atoms with Crippen LogP contribution in [0.3, 0.4) is 0 Å². The quantitative estimate of drug-likeness (QED) is 0.855. The van der Waals surface area contributed by atoms with Crippen LogP contribution >= 0.6 is 0 Å². The van der Waals surface area contributed by atoms with Crippen LogP contribution in [0.15, 0.2) is 24.3 Å². The summed E-state index contributed by atoms with van der Waals surface area (Å²) in [5.41, 5.74) is 8.72. The van der Waals surface area contributed by atoms with E-state index in [0.717, 1.165) is 19.4 Å². The smallest absolute Gasteiger partial charge is 0.0587 e. The molecule has 0 saturated carbocycles. The lowest BCUT2D eigenvalue weighted by Crippen LogP contribution is -2.43. The zero-order chi connectivity index (χ0) is 13.1. The maximum absolute atomic E-state index is 9.49. The Morgan fingerprint density at radius 3 is 2.89 bits per heavy atom. The molecule has 0 aliphatic carbocycles. The maximum atomic E-state index is 9.49. The monoisotopic (exact) mass is 248 g/mol. The van der Waals surface area contributed by atoms with Gasteiger partial charge >= 0.3 is 0 Å². The number of hydrogen-bond acceptors (Lipinski definition) is 3. The van der Waals surface area contributed by atoms with Crippen molar-refractivity contribution in [2.75, 3.05) is 13.2 Å². The predicted octanol–water partition coefficient (Wildman–Crippen LogP) is 1.84. The first-order valence-electron chi connectivity index (χ1n) is 6.82. The molecule has 100 valence electrons. The van der Waals surface area contributed by atoms with Crippen molar-refractivity contribution in [3.63, 3.8) is 0 Å². The highest BCUT2D eigenvalue weighted by Crippen LogP contribution is 2.31. The Labute approximate surface area is 110 Å². The van der Waals surface area contributed by atoms with Crippen molar-refractivity contribution in [3.8, 4) is 0 Å². The molecular weight excluding hydrogens is 224 g/mol. The average Bonchev–Trinajstić information content (AvgIpc) is 2.77. The minimum atomic E-state index is 0.0685. The van der Waals surface area contributed by atoms with Gasteiger partial charge < -0.3 is 10.8 Å². The van der Waals surface area contributed by atoms with E-state index in [9.17, 15) is 5.11 Å². The highest BCUT2D eigenvalue weighted by atomic mass is 16.3. The third kappa shape index (κ3) is 2.74. The Kier molecular flexibility index (Phi) is 4.38. The fourth-order valence-electron chi connectivity index (χ4n) is 3.07. The molecule has 1 saturated heterocycles. The van der Waals surface area contributed by atoms with Crippen LogP contribution in [0.25, 0.3) is 0 Å². The normalized spacial score (nSPS) is 24.1. The van der Waals surface area contributed by atoms with Crippen LogP contribution in [-0.2, 0) is 0 Å². The molecule has 3 atom stereocenters. The lowest BCUT2D eigenvalue weighted by molar-refractivity contribution is 0.108. The minimum absolute atomic E-state index is 0.0685. The van der Waals surface area contributed by atoms with Crippen molar-refractivity contribution < 1.29 is 5.11 Å². The van der Waals surface area contributed by atoms with E-state index < -0.39 is 0 Å². The Morgan fingerprint density at radius 1 is 1.50 bits per heavy atom. The molecule has 3 nitrogen and oxygen atoms in total. The summed E-state index contributed by atoms with van der Waals surface area (Å²) in [6.07, 6.45) is 2.23. The summed E-state index contributed by atoms with van der Waals surface area (Å²) in [6.45, 7) is 5.43. The highest BCUT2D eigenvalue weighted by Gasteiger charge is 2.33. The van der Waals surface area contributed by atoms with Gasteiger partial charge in [-0.25, -0.2) is 0 Å². The van der Waals surface area contributed by atoms with Crippen molar-refractivity contribution in [1.29, 1.82) is 0 Å². The van der Waals surface area contributed by atoms with Gasteiger partial charge in [0.2, 0.25) is 0 Å². The van der Waals surface area contributed by atoms with Crippen LogP contribution < -0.4 is 5.73 Å². The van der Waals surface area contributed by atoms with Gasteiger partial charge in [0.25, 0.3) is 0 Å². The molecule has 1 heterocycles. The van der Waals surface area contributed by atoms with Crippen LogP contribution in [0.5, 0.6) is 0 Å². The van der Waals surface area contributed by atoms with Crippen molar-refractivity contribution in [2.24, 2.45) is 5.73 Å². The van der Waals surface area contributed by atoms with Gasteiger partial charge in [-0.1, -0.05) is 29.8 Å². The van der Waals surface area contributed by atoms with Gasteiger partial charge in [0.15, 0.2) is 0 Å². The molecule has 2 rings (SSSR count). The van der Waals surface area contributed by atoms with Crippen molar-refractivity contribution in [3.05, 3.63) is 35.4 Å². The lowest BCUT2D eigenvalue weighted by atomic mass is 9.97. The fraction of sp³-hybridized carbons (Fsp3) is 0.600. The zero-order valence-corrected chi connectivity index (χ0v) is 11.3. The molecule has 1 fully saturated rings. The van der Waals surface area contributed by atoms with E-state index in [2.05, 4.69) is 43.0 Å². The predicted molar refractivity (Wildman–Crippen MR) is 74.4 cm³/mol. The summed E-state index contributed by atoms with van der Waals surface area (Å²) < 4.78 is 0. The number of nitrogens with zero attached hydrogens (tertiary/aromatic N) is 1. The van der Waals surface area contributed by atoms with Crippen LogP contribution in [0.2, 0.25) is 0 Å².